The summed E-state index contributed by atoms with van der Waals surface area (Å²) in [6, 6.07) is -0.248. The first kappa shape index (κ1) is 36.2. The van der Waals surface area contributed by atoms with Crippen molar-refractivity contribution in [2.75, 3.05) is 26.4 Å². The fourth-order valence-electron chi connectivity index (χ4n) is 5.94. The van der Waals surface area contributed by atoms with Crippen molar-refractivity contribution in [3.8, 4) is 0 Å². The molecule has 41 heavy (non-hydrogen) atoms. The number of aliphatic hydroxyl groups is 2. The van der Waals surface area contributed by atoms with Gasteiger partial charge in [0.25, 0.3) is 0 Å². The standard InChI is InChI=1S/C33H61NO7/c1-2-39-31(37)21-17-13-12-16-20-30-32-29(36)22-24-33(40-30,41-32)23-18-14-10-8-6-4-3-5-7-9-11-15-19-25-38-27-28(34)26-35/h17,21,28-30,32,35-36H,2-16,18-20,22-27,34H2,1H3/b21-17+/t28?,29-,30-,32+,33+/m0/s1. The van der Waals surface area contributed by atoms with Crippen molar-refractivity contribution >= 4 is 5.97 Å². The number of aliphatic hydroxyl groups excluding tert-OH is 2. The number of unbranched alkanes of at least 4 members (excludes halogenated alkanes) is 14. The number of nitrogens with two attached hydrogens (primary N) is 1. The fraction of sp³-hybridized carbons (Fsp3) is 0.909. The van der Waals surface area contributed by atoms with Crippen LogP contribution >= 0.6 is 0 Å². The average Bonchev–Trinajstić information content (AvgIpc) is 3.27. The lowest BCUT2D eigenvalue weighted by Gasteiger charge is -2.33. The summed E-state index contributed by atoms with van der Waals surface area (Å²) in [6.07, 6.45) is 25.4. The van der Waals surface area contributed by atoms with E-state index in [9.17, 15) is 9.90 Å². The van der Waals surface area contributed by atoms with Gasteiger partial charge in [-0.05, 0) is 45.4 Å². The zero-order valence-corrected chi connectivity index (χ0v) is 25.9. The summed E-state index contributed by atoms with van der Waals surface area (Å²) >= 11 is 0. The molecule has 2 aliphatic heterocycles. The van der Waals surface area contributed by atoms with Crippen LogP contribution in [0.25, 0.3) is 0 Å². The zero-order chi connectivity index (χ0) is 29.6. The number of carbonyl (C=O) groups excluding carboxylic acids is 1. The normalized spacial score (nSPS) is 24.7. The van der Waals surface area contributed by atoms with E-state index in [1.165, 1.54) is 76.7 Å². The van der Waals surface area contributed by atoms with E-state index in [1.807, 2.05) is 6.08 Å². The topological polar surface area (TPSA) is 120 Å². The van der Waals surface area contributed by atoms with Crippen molar-refractivity contribution in [1.82, 2.24) is 0 Å². The smallest absolute Gasteiger partial charge is 0.330 e. The Morgan fingerprint density at radius 3 is 2.22 bits per heavy atom. The lowest BCUT2D eigenvalue weighted by Crippen LogP contribution is -2.41. The molecule has 0 amide bonds. The van der Waals surface area contributed by atoms with Gasteiger partial charge in [0.1, 0.15) is 6.10 Å². The molecule has 0 radical (unpaired) electrons. The van der Waals surface area contributed by atoms with Gasteiger partial charge in [-0.15, -0.1) is 0 Å². The number of carbonyl (C=O) groups is 1. The minimum Gasteiger partial charge on any atom is -0.463 e. The van der Waals surface area contributed by atoms with Crippen LogP contribution in [0.4, 0.5) is 0 Å². The maximum atomic E-state index is 11.4. The first-order chi connectivity index (χ1) is 20.0. The minimum absolute atomic E-state index is 0.0117. The van der Waals surface area contributed by atoms with E-state index in [-0.39, 0.29) is 30.8 Å². The number of hydrogen-bond acceptors (Lipinski definition) is 8. The first-order valence-electron chi connectivity index (χ1n) is 16.8. The highest BCUT2D eigenvalue weighted by Gasteiger charge is 2.52. The van der Waals surface area contributed by atoms with E-state index in [0.717, 1.165) is 64.4 Å². The number of esters is 1. The molecule has 0 aliphatic carbocycles. The first-order valence-corrected chi connectivity index (χ1v) is 16.8. The van der Waals surface area contributed by atoms with E-state index in [0.29, 0.717) is 13.2 Å². The molecule has 1 unspecified atom stereocenters. The van der Waals surface area contributed by atoms with E-state index < -0.39 is 11.9 Å². The predicted molar refractivity (Wildman–Crippen MR) is 162 cm³/mol. The Bertz CT molecular complexity index is 690. The van der Waals surface area contributed by atoms with Gasteiger partial charge in [0.15, 0.2) is 5.79 Å². The van der Waals surface area contributed by atoms with Crippen LogP contribution in [0.5, 0.6) is 0 Å². The van der Waals surface area contributed by atoms with Crippen molar-refractivity contribution < 1.29 is 34.0 Å². The molecule has 8 nitrogen and oxygen atoms in total. The molecule has 2 aliphatic rings. The number of allylic oxidation sites excluding steroid dienone is 1. The molecule has 0 spiro atoms. The van der Waals surface area contributed by atoms with Crippen LogP contribution in [-0.2, 0) is 23.7 Å². The molecule has 2 saturated heterocycles. The highest BCUT2D eigenvalue weighted by molar-refractivity contribution is 5.81. The third kappa shape index (κ3) is 15.8. The molecular weight excluding hydrogens is 522 g/mol. The van der Waals surface area contributed by atoms with Crippen LogP contribution in [-0.4, -0.2) is 72.8 Å². The van der Waals surface area contributed by atoms with Gasteiger partial charge in [0, 0.05) is 25.5 Å². The molecule has 2 heterocycles. The van der Waals surface area contributed by atoms with Crippen LogP contribution in [0, 0.1) is 0 Å². The SMILES string of the molecule is CCOC(=O)/C=C/CCCC[C@@H]1O[C@@]2(CCCCCCCCCCCCCCCOCC(N)CO)CC[C@H](O)[C@H]1O2. The summed E-state index contributed by atoms with van der Waals surface area (Å²) in [5.74, 6) is -0.767. The molecule has 2 bridgehead atoms. The van der Waals surface area contributed by atoms with Gasteiger partial charge in [-0.1, -0.05) is 83.1 Å². The number of hydrogen-bond donors (Lipinski definition) is 3. The van der Waals surface area contributed by atoms with E-state index in [1.54, 1.807) is 6.92 Å². The Labute approximate surface area is 249 Å². The van der Waals surface area contributed by atoms with Crippen LogP contribution in [0.15, 0.2) is 12.2 Å². The number of fused-ring (bicyclic) bond motifs is 2. The van der Waals surface area contributed by atoms with Crippen molar-refractivity contribution in [2.24, 2.45) is 5.73 Å². The second-order valence-corrected chi connectivity index (χ2v) is 12.1. The summed E-state index contributed by atoms with van der Waals surface area (Å²) in [7, 11) is 0. The van der Waals surface area contributed by atoms with E-state index in [2.05, 4.69) is 0 Å². The number of ether oxygens (including phenoxy) is 4. The molecule has 5 atom stereocenters. The van der Waals surface area contributed by atoms with Gasteiger partial charge in [-0.25, -0.2) is 4.79 Å². The summed E-state index contributed by atoms with van der Waals surface area (Å²) < 4.78 is 23.1. The van der Waals surface area contributed by atoms with Gasteiger partial charge >= 0.3 is 5.97 Å². The molecule has 2 fully saturated rings. The van der Waals surface area contributed by atoms with Gasteiger partial charge in [-0.3, -0.25) is 0 Å². The van der Waals surface area contributed by atoms with E-state index in [4.69, 9.17) is 29.8 Å². The maximum Gasteiger partial charge on any atom is 0.330 e. The third-order valence-electron chi connectivity index (χ3n) is 8.35. The quantitative estimate of drug-likeness (QED) is 0.0635. The van der Waals surface area contributed by atoms with Crippen LogP contribution in [0.1, 0.15) is 135 Å². The summed E-state index contributed by atoms with van der Waals surface area (Å²) in [6.45, 7) is 3.40. The van der Waals surface area contributed by atoms with Crippen molar-refractivity contribution in [1.29, 1.82) is 0 Å². The van der Waals surface area contributed by atoms with Crippen LogP contribution in [0.2, 0.25) is 0 Å². The van der Waals surface area contributed by atoms with Crippen LogP contribution in [0.3, 0.4) is 0 Å². The molecular formula is C33H61NO7. The largest absolute Gasteiger partial charge is 0.463 e. The second-order valence-electron chi connectivity index (χ2n) is 12.1. The maximum absolute atomic E-state index is 11.4. The van der Waals surface area contributed by atoms with Crippen molar-refractivity contribution in [2.45, 2.75) is 165 Å². The van der Waals surface area contributed by atoms with Crippen molar-refractivity contribution in [3.05, 3.63) is 12.2 Å². The zero-order valence-electron chi connectivity index (χ0n) is 25.9. The molecule has 4 N–H and O–H groups in total. The molecule has 2 rings (SSSR count). The molecule has 0 saturated carbocycles. The lowest BCUT2D eigenvalue weighted by atomic mass is 9.94. The predicted octanol–water partition coefficient (Wildman–Crippen LogP) is 6.10. The molecule has 0 aromatic heterocycles. The second kappa shape index (κ2) is 22.5. The minimum atomic E-state index is -0.487. The van der Waals surface area contributed by atoms with Crippen molar-refractivity contribution in [3.63, 3.8) is 0 Å². The monoisotopic (exact) mass is 583 g/mol. The Kier molecular flexibility index (Phi) is 19.8. The highest BCUT2D eigenvalue weighted by atomic mass is 16.8. The molecule has 240 valence electrons. The fourth-order valence-corrected chi connectivity index (χ4v) is 5.94. The Hall–Kier alpha value is -1.03. The molecule has 0 aromatic rings. The van der Waals surface area contributed by atoms with Gasteiger partial charge in [-0.2, -0.15) is 0 Å². The van der Waals surface area contributed by atoms with Gasteiger partial charge in [0.2, 0.25) is 0 Å². The Morgan fingerprint density at radius 2 is 1.59 bits per heavy atom. The van der Waals surface area contributed by atoms with Gasteiger partial charge < -0.3 is 34.9 Å². The number of rotatable bonds is 26. The summed E-state index contributed by atoms with van der Waals surface area (Å²) in [5.41, 5.74) is 5.61. The van der Waals surface area contributed by atoms with Crippen LogP contribution < -0.4 is 5.73 Å². The Morgan fingerprint density at radius 1 is 0.951 bits per heavy atom. The highest BCUT2D eigenvalue weighted by Crippen LogP contribution is 2.44. The van der Waals surface area contributed by atoms with E-state index >= 15 is 0 Å². The average molecular weight is 584 g/mol. The van der Waals surface area contributed by atoms with Gasteiger partial charge in [0.05, 0.1) is 38.1 Å². The molecule has 8 heteroatoms. The molecule has 0 aromatic carbocycles. The summed E-state index contributed by atoms with van der Waals surface area (Å²) in [5, 5.41) is 19.3. The lowest BCUT2D eigenvalue weighted by molar-refractivity contribution is -0.214. The third-order valence-corrected chi connectivity index (χ3v) is 8.35. The Balaban J connectivity index is 1.42. The summed E-state index contributed by atoms with van der Waals surface area (Å²) in [4.78, 5) is 11.4.